The number of nitrogens with one attached hydrogen (secondary N) is 1. The highest BCUT2D eigenvalue weighted by molar-refractivity contribution is 5.79. The van der Waals surface area contributed by atoms with Crippen molar-refractivity contribution in [3.63, 3.8) is 0 Å². The molecule has 6 heteroatoms. The van der Waals surface area contributed by atoms with E-state index in [2.05, 4.69) is 24.1 Å². The maximum absolute atomic E-state index is 12.0. The van der Waals surface area contributed by atoms with E-state index in [1.54, 1.807) is 12.1 Å². The summed E-state index contributed by atoms with van der Waals surface area (Å²) in [5.41, 5.74) is 0.833. The molecule has 1 aromatic carbocycles. The van der Waals surface area contributed by atoms with E-state index in [1.165, 1.54) is 12.1 Å². The van der Waals surface area contributed by atoms with Crippen molar-refractivity contribution in [2.24, 2.45) is 0 Å². The fourth-order valence-corrected chi connectivity index (χ4v) is 2.57. The highest BCUT2D eigenvalue weighted by atomic mass is 16.6. The topological polar surface area (TPSA) is 75.5 Å². The van der Waals surface area contributed by atoms with Gasteiger partial charge in [-0.05, 0) is 25.8 Å². The van der Waals surface area contributed by atoms with Gasteiger partial charge in [-0.1, -0.05) is 12.1 Å². The molecule has 0 aliphatic carbocycles. The summed E-state index contributed by atoms with van der Waals surface area (Å²) in [6, 6.07) is 6.83. The molecular formula is C15H21N3O3. The largest absolute Gasteiger partial charge is 0.352 e. The van der Waals surface area contributed by atoms with E-state index >= 15 is 0 Å². The Balaban J connectivity index is 1.83. The van der Waals surface area contributed by atoms with Crippen molar-refractivity contribution in [3.05, 3.63) is 39.9 Å². The highest BCUT2D eigenvalue weighted by Gasteiger charge is 2.25. The fourth-order valence-electron chi connectivity index (χ4n) is 2.57. The highest BCUT2D eigenvalue weighted by Crippen LogP contribution is 2.14. The number of rotatable bonds is 5. The van der Waals surface area contributed by atoms with Crippen LogP contribution in [-0.2, 0) is 11.2 Å². The predicted octanol–water partition coefficient (Wildman–Crippen LogP) is 1.74. The first kappa shape index (κ1) is 15.4. The summed E-state index contributed by atoms with van der Waals surface area (Å²) in [5, 5.41) is 13.6. The average molecular weight is 291 g/mol. The number of non-ortho nitro benzene ring substituents is 1. The SMILES string of the molecule is CC(C)N1CCC(NC(=O)Cc2ccc([N+](=O)[O-])cc2)C1. The van der Waals surface area contributed by atoms with Crippen LogP contribution in [0.2, 0.25) is 0 Å². The lowest BCUT2D eigenvalue weighted by Gasteiger charge is -2.20. The number of likely N-dealkylation sites (tertiary alicyclic amines) is 1. The maximum Gasteiger partial charge on any atom is 0.269 e. The number of benzene rings is 1. The van der Waals surface area contributed by atoms with Gasteiger partial charge in [0.25, 0.3) is 5.69 Å². The predicted molar refractivity (Wildman–Crippen MR) is 80.1 cm³/mol. The second-order valence-electron chi connectivity index (χ2n) is 5.74. The molecule has 1 atom stereocenters. The Kier molecular flexibility index (Phi) is 4.90. The summed E-state index contributed by atoms with van der Waals surface area (Å²) >= 11 is 0. The van der Waals surface area contributed by atoms with Gasteiger partial charge in [-0.15, -0.1) is 0 Å². The first-order chi connectivity index (χ1) is 9.95. The third-order valence-corrected chi connectivity index (χ3v) is 3.83. The Morgan fingerprint density at radius 3 is 2.62 bits per heavy atom. The minimum atomic E-state index is -0.442. The Bertz CT molecular complexity index is 513. The first-order valence-electron chi connectivity index (χ1n) is 7.22. The van der Waals surface area contributed by atoms with Gasteiger partial charge in [0.15, 0.2) is 0 Å². The lowest BCUT2D eigenvalue weighted by atomic mass is 10.1. The second kappa shape index (κ2) is 6.67. The van der Waals surface area contributed by atoms with Crippen molar-refractivity contribution >= 4 is 11.6 Å². The minimum Gasteiger partial charge on any atom is -0.352 e. The number of nitro groups is 1. The molecule has 0 radical (unpaired) electrons. The molecule has 1 saturated heterocycles. The van der Waals surface area contributed by atoms with Crippen molar-refractivity contribution in [1.29, 1.82) is 0 Å². The van der Waals surface area contributed by atoms with Gasteiger partial charge in [-0.25, -0.2) is 0 Å². The summed E-state index contributed by atoms with van der Waals surface area (Å²) in [4.78, 5) is 24.5. The smallest absolute Gasteiger partial charge is 0.269 e. The second-order valence-corrected chi connectivity index (χ2v) is 5.74. The lowest BCUT2D eigenvalue weighted by Crippen LogP contribution is -2.39. The van der Waals surface area contributed by atoms with E-state index in [9.17, 15) is 14.9 Å². The van der Waals surface area contributed by atoms with Crippen molar-refractivity contribution in [2.75, 3.05) is 13.1 Å². The molecule has 1 unspecified atom stereocenters. The van der Waals surface area contributed by atoms with E-state index < -0.39 is 4.92 Å². The number of nitro benzene ring substituents is 1. The van der Waals surface area contributed by atoms with Gasteiger partial charge >= 0.3 is 0 Å². The number of nitrogens with zero attached hydrogens (tertiary/aromatic N) is 2. The number of carbonyl (C=O) groups is 1. The molecular weight excluding hydrogens is 270 g/mol. The zero-order chi connectivity index (χ0) is 15.4. The van der Waals surface area contributed by atoms with Gasteiger partial charge in [-0.3, -0.25) is 19.8 Å². The van der Waals surface area contributed by atoms with Crippen molar-refractivity contribution in [3.8, 4) is 0 Å². The summed E-state index contributed by atoms with van der Waals surface area (Å²) < 4.78 is 0. The number of hydrogen-bond donors (Lipinski definition) is 1. The number of carbonyl (C=O) groups excluding carboxylic acids is 1. The molecule has 0 bridgehead atoms. The first-order valence-corrected chi connectivity index (χ1v) is 7.22. The fraction of sp³-hybridized carbons (Fsp3) is 0.533. The zero-order valence-corrected chi connectivity index (χ0v) is 12.4. The molecule has 114 valence electrons. The molecule has 1 aliphatic heterocycles. The molecule has 1 N–H and O–H groups in total. The molecule has 0 spiro atoms. The maximum atomic E-state index is 12.0. The third kappa shape index (κ3) is 4.26. The average Bonchev–Trinajstić information content (AvgIpc) is 2.87. The van der Waals surface area contributed by atoms with Gasteiger partial charge < -0.3 is 5.32 Å². The van der Waals surface area contributed by atoms with Gasteiger partial charge in [0.05, 0.1) is 11.3 Å². The van der Waals surface area contributed by atoms with E-state index in [0.29, 0.717) is 6.04 Å². The molecule has 6 nitrogen and oxygen atoms in total. The Hall–Kier alpha value is -1.95. The van der Waals surface area contributed by atoms with Gasteiger partial charge in [0.1, 0.15) is 0 Å². The third-order valence-electron chi connectivity index (χ3n) is 3.83. The Labute approximate surface area is 124 Å². The van der Waals surface area contributed by atoms with E-state index in [4.69, 9.17) is 0 Å². The van der Waals surface area contributed by atoms with Gasteiger partial charge in [0, 0.05) is 37.3 Å². The quantitative estimate of drug-likeness (QED) is 0.662. The van der Waals surface area contributed by atoms with Gasteiger partial charge in [0.2, 0.25) is 5.91 Å². The van der Waals surface area contributed by atoms with Crippen LogP contribution in [0.25, 0.3) is 0 Å². The van der Waals surface area contributed by atoms with Crippen LogP contribution < -0.4 is 5.32 Å². The molecule has 1 aliphatic rings. The van der Waals surface area contributed by atoms with E-state index in [0.717, 1.165) is 25.1 Å². The van der Waals surface area contributed by atoms with Crippen molar-refractivity contribution in [2.45, 2.75) is 38.8 Å². The molecule has 1 heterocycles. The van der Waals surface area contributed by atoms with Crippen LogP contribution in [-0.4, -0.2) is 40.9 Å². The molecule has 0 saturated carbocycles. The molecule has 2 rings (SSSR count). The van der Waals surface area contributed by atoms with E-state index in [-0.39, 0.29) is 24.1 Å². The zero-order valence-electron chi connectivity index (χ0n) is 12.4. The monoisotopic (exact) mass is 291 g/mol. The normalized spacial score (nSPS) is 18.9. The van der Waals surface area contributed by atoms with Crippen molar-refractivity contribution < 1.29 is 9.72 Å². The summed E-state index contributed by atoms with van der Waals surface area (Å²) in [6.07, 6.45) is 1.24. The lowest BCUT2D eigenvalue weighted by molar-refractivity contribution is -0.384. The van der Waals surface area contributed by atoms with Crippen molar-refractivity contribution in [1.82, 2.24) is 10.2 Å². The summed E-state index contributed by atoms with van der Waals surface area (Å²) in [5.74, 6) is -0.0283. The molecule has 1 amide bonds. The van der Waals surface area contributed by atoms with Crippen LogP contribution in [0.3, 0.4) is 0 Å². The van der Waals surface area contributed by atoms with Crippen LogP contribution in [0.5, 0.6) is 0 Å². The molecule has 0 aromatic heterocycles. The standard InChI is InChI=1S/C15H21N3O3/c1-11(2)17-8-7-13(10-17)16-15(19)9-12-3-5-14(6-4-12)18(20)21/h3-6,11,13H,7-10H2,1-2H3,(H,16,19). The summed E-state index contributed by atoms with van der Waals surface area (Å²) in [6.45, 7) is 6.21. The van der Waals surface area contributed by atoms with Crippen LogP contribution in [0.15, 0.2) is 24.3 Å². The molecule has 1 aromatic rings. The number of hydrogen-bond acceptors (Lipinski definition) is 4. The molecule has 1 fully saturated rings. The van der Waals surface area contributed by atoms with Crippen LogP contribution >= 0.6 is 0 Å². The Morgan fingerprint density at radius 1 is 1.43 bits per heavy atom. The Morgan fingerprint density at radius 2 is 2.10 bits per heavy atom. The van der Waals surface area contributed by atoms with E-state index in [1.807, 2.05) is 0 Å². The number of amides is 1. The summed E-state index contributed by atoms with van der Waals surface area (Å²) in [7, 11) is 0. The van der Waals surface area contributed by atoms with Crippen LogP contribution in [0.1, 0.15) is 25.8 Å². The van der Waals surface area contributed by atoms with Gasteiger partial charge in [-0.2, -0.15) is 0 Å². The van der Waals surface area contributed by atoms with Crippen LogP contribution in [0.4, 0.5) is 5.69 Å². The van der Waals surface area contributed by atoms with Crippen LogP contribution in [0, 0.1) is 10.1 Å². The minimum absolute atomic E-state index is 0.0283. The molecule has 21 heavy (non-hydrogen) atoms.